The van der Waals surface area contributed by atoms with Crippen molar-refractivity contribution < 1.29 is 0 Å². The first-order valence-electron chi connectivity index (χ1n) is 5.90. The lowest BCUT2D eigenvalue weighted by Gasteiger charge is -2.34. The van der Waals surface area contributed by atoms with Gasteiger partial charge in [-0.3, -0.25) is 0 Å². The number of nitrogens with zero attached hydrogens (tertiary/aromatic N) is 3. The van der Waals surface area contributed by atoms with E-state index < -0.39 is 0 Å². The minimum Gasteiger partial charge on any atom is -0.364 e. The second-order valence-electron chi connectivity index (χ2n) is 4.74. The van der Waals surface area contributed by atoms with Crippen molar-refractivity contribution in [1.29, 1.82) is 0 Å². The van der Waals surface area contributed by atoms with Crippen LogP contribution in [0.3, 0.4) is 0 Å². The number of hydrogen-bond acceptors (Lipinski definition) is 4. The van der Waals surface area contributed by atoms with Crippen molar-refractivity contribution in [3.05, 3.63) is 10.4 Å². The Morgan fingerprint density at radius 1 is 1.18 bits per heavy atom. The van der Waals surface area contributed by atoms with Crippen LogP contribution in [0.25, 0.3) is 0 Å². The molecule has 94 valence electrons. The van der Waals surface area contributed by atoms with Crippen LogP contribution >= 0.6 is 23.2 Å². The van der Waals surface area contributed by atoms with Gasteiger partial charge in [-0.25, -0.2) is 0 Å². The van der Waals surface area contributed by atoms with Crippen LogP contribution in [-0.4, -0.2) is 21.2 Å². The highest BCUT2D eigenvalue weighted by molar-refractivity contribution is 6.32. The fourth-order valence-corrected chi connectivity index (χ4v) is 2.60. The van der Waals surface area contributed by atoms with Crippen molar-refractivity contribution in [2.24, 2.45) is 11.8 Å². The van der Waals surface area contributed by atoms with E-state index in [2.05, 4.69) is 34.3 Å². The van der Waals surface area contributed by atoms with Crippen LogP contribution in [0.2, 0.25) is 10.4 Å². The molecule has 1 saturated carbocycles. The summed E-state index contributed by atoms with van der Waals surface area (Å²) >= 11 is 11.7. The van der Waals surface area contributed by atoms with Gasteiger partial charge in [0.1, 0.15) is 0 Å². The molecule has 2 rings (SSSR count). The van der Waals surface area contributed by atoms with Gasteiger partial charge in [-0.1, -0.05) is 38.3 Å². The molecule has 0 saturated heterocycles. The molecule has 0 aromatic carbocycles. The van der Waals surface area contributed by atoms with Crippen LogP contribution in [0.4, 0.5) is 5.82 Å². The molecule has 0 amide bonds. The van der Waals surface area contributed by atoms with Gasteiger partial charge in [0.25, 0.3) is 0 Å². The summed E-state index contributed by atoms with van der Waals surface area (Å²) in [5.41, 5.74) is 0. The van der Waals surface area contributed by atoms with E-state index in [0.717, 1.165) is 6.42 Å². The zero-order valence-electron chi connectivity index (χ0n) is 9.95. The number of anilines is 1. The third-order valence-electron chi connectivity index (χ3n) is 3.65. The zero-order valence-corrected chi connectivity index (χ0v) is 11.5. The first kappa shape index (κ1) is 12.8. The Kier molecular flexibility index (Phi) is 4.05. The number of nitrogens with one attached hydrogen (secondary N) is 1. The summed E-state index contributed by atoms with van der Waals surface area (Å²) in [5, 5.41) is 11.1. The maximum Gasteiger partial charge on any atom is 0.245 e. The first-order chi connectivity index (χ1) is 8.08. The van der Waals surface area contributed by atoms with Crippen LogP contribution in [0.15, 0.2) is 0 Å². The highest BCUT2D eigenvalue weighted by Gasteiger charge is 2.27. The van der Waals surface area contributed by atoms with E-state index in [-0.39, 0.29) is 10.4 Å². The molecule has 0 aliphatic heterocycles. The van der Waals surface area contributed by atoms with Crippen molar-refractivity contribution >= 4 is 29.0 Å². The predicted octanol–water partition coefficient (Wildman–Crippen LogP) is 3.42. The van der Waals surface area contributed by atoms with Crippen LogP contribution in [0.5, 0.6) is 0 Å². The molecule has 17 heavy (non-hydrogen) atoms. The monoisotopic (exact) mass is 274 g/mol. The molecule has 1 aromatic rings. The number of rotatable bonds is 2. The topological polar surface area (TPSA) is 50.7 Å². The van der Waals surface area contributed by atoms with Gasteiger partial charge < -0.3 is 5.32 Å². The fraction of sp³-hybridized carbons (Fsp3) is 0.727. The Hall–Kier alpha value is -0.610. The second kappa shape index (κ2) is 5.36. The Morgan fingerprint density at radius 2 is 1.94 bits per heavy atom. The molecule has 1 aromatic heterocycles. The van der Waals surface area contributed by atoms with Crippen LogP contribution in [-0.2, 0) is 0 Å². The molecule has 0 bridgehead atoms. The summed E-state index contributed by atoms with van der Waals surface area (Å²) in [6.45, 7) is 4.54. The molecular weight excluding hydrogens is 259 g/mol. The van der Waals surface area contributed by atoms with Crippen LogP contribution in [0, 0.1) is 11.8 Å². The third-order valence-corrected chi connectivity index (χ3v) is 4.06. The lowest BCUT2D eigenvalue weighted by Crippen LogP contribution is -2.35. The average molecular weight is 275 g/mol. The highest BCUT2D eigenvalue weighted by Crippen LogP contribution is 2.32. The van der Waals surface area contributed by atoms with Crippen molar-refractivity contribution in [3.8, 4) is 0 Å². The second-order valence-corrected chi connectivity index (χ2v) is 5.43. The summed E-state index contributed by atoms with van der Waals surface area (Å²) in [6, 6.07) is 0.379. The Morgan fingerprint density at radius 3 is 2.71 bits per heavy atom. The SMILES string of the molecule is CC1CCCC(Nc2nc(Cl)nnc2Cl)C1C. The number of halogens is 2. The summed E-state index contributed by atoms with van der Waals surface area (Å²) in [6.07, 6.45) is 3.65. The van der Waals surface area contributed by atoms with Gasteiger partial charge in [-0.15, -0.1) is 10.2 Å². The number of aromatic nitrogens is 3. The standard InChI is InChI=1S/C11H16Cl2N4/c1-6-4-3-5-8(7(6)2)14-10-9(12)16-17-11(13)15-10/h6-8H,3-5H2,1-2H3,(H,14,15,17). The van der Waals surface area contributed by atoms with E-state index in [0.29, 0.717) is 23.7 Å². The zero-order chi connectivity index (χ0) is 12.4. The lowest BCUT2D eigenvalue weighted by molar-refractivity contribution is 0.253. The average Bonchev–Trinajstić information content (AvgIpc) is 2.30. The number of hydrogen-bond donors (Lipinski definition) is 1. The molecule has 6 heteroatoms. The molecule has 0 radical (unpaired) electrons. The van der Waals surface area contributed by atoms with Crippen molar-refractivity contribution in [2.75, 3.05) is 5.32 Å². The van der Waals surface area contributed by atoms with Gasteiger partial charge in [0.05, 0.1) is 0 Å². The molecule has 1 aliphatic carbocycles. The predicted molar refractivity (Wildman–Crippen MR) is 69.4 cm³/mol. The van der Waals surface area contributed by atoms with Crippen molar-refractivity contribution in [2.45, 2.75) is 39.2 Å². The van der Waals surface area contributed by atoms with Gasteiger partial charge >= 0.3 is 0 Å². The summed E-state index contributed by atoms with van der Waals surface area (Å²) in [7, 11) is 0. The van der Waals surface area contributed by atoms with Gasteiger partial charge in [0.15, 0.2) is 11.0 Å². The Bertz CT molecular complexity index is 399. The summed E-state index contributed by atoms with van der Waals surface area (Å²) in [4.78, 5) is 4.08. The lowest BCUT2D eigenvalue weighted by atomic mass is 9.78. The molecule has 1 heterocycles. The molecule has 4 nitrogen and oxygen atoms in total. The summed E-state index contributed by atoms with van der Waals surface area (Å²) in [5.74, 6) is 1.84. The minimum absolute atomic E-state index is 0.119. The molecule has 0 spiro atoms. The van der Waals surface area contributed by atoms with E-state index in [1.807, 2.05) is 0 Å². The van der Waals surface area contributed by atoms with E-state index in [9.17, 15) is 0 Å². The smallest absolute Gasteiger partial charge is 0.245 e. The van der Waals surface area contributed by atoms with E-state index in [4.69, 9.17) is 23.2 Å². The Balaban J connectivity index is 2.11. The molecule has 1 N–H and O–H groups in total. The third kappa shape index (κ3) is 2.99. The van der Waals surface area contributed by atoms with E-state index >= 15 is 0 Å². The van der Waals surface area contributed by atoms with E-state index in [1.54, 1.807) is 0 Å². The molecule has 1 aliphatic rings. The maximum absolute atomic E-state index is 5.94. The van der Waals surface area contributed by atoms with Crippen molar-refractivity contribution in [3.63, 3.8) is 0 Å². The van der Waals surface area contributed by atoms with Crippen molar-refractivity contribution in [1.82, 2.24) is 15.2 Å². The van der Waals surface area contributed by atoms with Crippen LogP contribution in [0.1, 0.15) is 33.1 Å². The van der Waals surface area contributed by atoms with Gasteiger partial charge in [-0.05, 0) is 29.9 Å². The largest absolute Gasteiger partial charge is 0.364 e. The molecular formula is C11H16Cl2N4. The quantitative estimate of drug-likeness (QED) is 0.898. The van der Waals surface area contributed by atoms with E-state index in [1.165, 1.54) is 12.8 Å². The first-order valence-corrected chi connectivity index (χ1v) is 6.65. The maximum atomic E-state index is 5.94. The molecule has 1 fully saturated rings. The normalized spacial score (nSPS) is 29.1. The van der Waals surface area contributed by atoms with Gasteiger partial charge in [-0.2, -0.15) is 4.98 Å². The van der Waals surface area contributed by atoms with Gasteiger partial charge in [0, 0.05) is 6.04 Å². The minimum atomic E-state index is 0.119. The molecule has 3 atom stereocenters. The van der Waals surface area contributed by atoms with Crippen LogP contribution < -0.4 is 5.32 Å². The summed E-state index contributed by atoms with van der Waals surface area (Å²) < 4.78 is 0. The molecule has 3 unspecified atom stereocenters. The Labute approximate surface area is 111 Å². The van der Waals surface area contributed by atoms with Gasteiger partial charge in [0.2, 0.25) is 5.28 Å². The fourth-order valence-electron chi connectivity index (χ4n) is 2.35. The highest BCUT2D eigenvalue weighted by atomic mass is 35.5.